The van der Waals surface area contributed by atoms with Gasteiger partial charge in [-0.05, 0) is 12.0 Å². The molecular weight excluding hydrogens is 290 g/mol. The van der Waals surface area contributed by atoms with Crippen LogP contribution in [0.3, 0.4) is 0 Å². The van der Waals surface area contributed by atoms with Crippen LogP contribution in [0.2, 0.25) is 0 Å². The molecule has 0 bridgehead atoms. The van der Waals surface area contributed by atoms with Crippen molar-refractivity contribution in [3.05, 3.63) is 71.2 Å². The molecule has 1 aliphatic rings. The zero-order valence-electron chi connectivity index (χ0n) is 13.1. The summed E-state index contributed by atoms with van der Waals surface area (Å²) >= 11 is 0. The fourth-order valence-corrected chi connectivity index (χ4v) is 2.84. The number of nitrogens with zero attached hydrogens (tertiary/aromatic N) is 3. The Bertz CT molecular complexity index is 635. The van der Waals surface area contributed by atoms with Gasteiger partial charge in [0.25, 0.3) is 5.91 Å². The molecule has 2 aromatic rings. The maximum atomic E-state index is 12.4. The zero-order chi connectivity index (χ0) is 16.1. The summed E-state index contributed by atoms with van der Waals surface area (Å²) in [4.78, 5) is 16.7. The Morgan fingerprint density at radius 3 is 2.30 bits per heavy atom. The second-order valence-corrected chi connectivity index (χ2v) is 5.82. The van der Waals surface area contributed by atoms with Crippen molar-refractivity contribution >= 4 is 5.91 Å². The lowest BCUT2D eigenvalue weighted by atomic mass is 10.1. The Labute approximate surface area is 136 Å². The predicted molar refractivity (Wildman–Crippen MR) is 87.9 cm³/mol. The van der Waals surface area contributed by atoms with Crippen LogP contribution < -0.4 is 4.73 Å². The number of carbonyl (C=O) groups is 1. The van der Waals surface area contributed by atoms with Crippen molar-refractivity contribution in [2.75, 3.05) is 32.7 Å². The van der Waals surface area contributed by atoms with Crippen LogP contribution in [-0.2, 0) is 6.42 Å². The molecule has 1 fully saturated rings. The molecule has 120 valence electrons. The monoisotopic (exact) mass is 311 g/mol. The highest BCUT2D eigenvalue weighted by Crippen LogP contribution is 2.09. The topological polar surface area (TPSA) is 50.5 Å². The largest absolute Gasteiger partial charge is 0.619 e. The smallest absolute Gasteiger partial charge is 0.254 e. The Morgan fingerprint density at radius 2 is 1.65 bits per heavy atom. The molecule has 1 saturated heterocycles. The number of piperazine rings is 1. The summed E-state index contributed by atoms with van der Waals surface area (Å²) in [6, 6.07) is 13.6. The highest BCUT2D eigenvalue weighted by atomic mass is 16.5. The molecule has 5 heteroatoms. The Morgan fingerprint density at radius 1 is 1.00 bits per heavy atom. The van der Waals surface area contributed by atoms with E-state index in [2.05, 4.69) is 29.2 Å². The second kappa shape index (κ2) is 7.24. The molecule has 23 heavy (non-hydrogen) atoms. The third-order valence-electron chi connectivity index (χ3n) is 4.27. The molecular formula is C18H21N3O2. The highest BCUT2D eigenvalue weighted by molar-refractivity contribution is 5.94. The standard InChI is InChI=1S/C18H21N3O2/c22-18(17-7-10-21(23)11-8-17)20-14-12-19(13-15-20)9-6-16-4-2-1-3-5-16/h1-5,7-8,10-11H,6,9,12-15H2. The maximum Gasteiger partial charge on any atom is 0.254 e. The van der Waals surface area contributed by atoms with Crippen molar-refractivity contribution in [1.29, 1.82) is 0 Å². The van der Waals surface area contributed by atoms with E-state index in [4.69, 9.17) is 0 Å². The Kier molecular flexibility index (Phi) is 4.88. The quantitative estimate of drug-likeness (QED) is 0.632. The number of pyridine rings is 1. The van der Waals surface area contributed by atoms with E-state index in [0.717, 1.165) is 39.1 Å². The predicted octanol–water partition coefficient (Wildman–Crippen LogP) is 1.32. The number of aromatic nitrogens is 1. The van der Waals surface area contributed by atoms with Crippen molar-refractivity contribution in [3.63, 3.8) is 0 Å². The van der Waals surface area contributed by atoms with Gasteiger partial charge in [-0.25, -0.2) is 0 Å². The average molecular weight is 311 g/mol. The van der Waals surface area contributed by atoms with E-state index < -0.39 is 0 Å². The number of amides is 1. The second-order valence-electron chi connectivity index (χ2n) is 5.82. The molecule has 0 aliphatic carbocycles. The first-order chi connectivity index (χ1) is 11.2. The maximum absolute atomic E-state index is 12.4. The van der Waals surface area contributed by atoms with Gasteiger partial charge in [0.1, 0.15) is 0 Å². The minimum atomic E-state index is 0.00769. The Balaban J connectivity index is 1.48. The van der Waals surface area contributed by atoms with Crippen molar-refractivity contribution < 1.29 is 9.52 Å². The van der Waals surface area contributed by atoms with Gasteiger partial charge in [-0.3, -0.25) is 9.69 Å². The van der Waals surface area contributed by atoms with Crippen molar-refractivity contribution in [2.24, 2.45) is 0 Å². The van der Waals surface area contributed by atoms with Gasteiger partial charge in [0, 0.05) is 44.9 Å². The molecule has 1 amide bonds. The molecule has 5 nitrogen and oxygen atoms in total. The molecule has 0 N–H and O–H groups in total. The van der Waals surface area contributed by atoms with Crippen LogP contribution in [0.1, 0.15) is 15.9 Å². The van der Waals surface area contributed by atoms with Gasteiger partial charge in [-0.15, -0.1) is 0 Å². The van der Waals surface area contributed by atoms with Crippen LogP contribution in [0.4, 0.5) is 0 Å². The molecule has 0 unspecified atom stereocenters. The summed E-state index contributed by atoms with van der Waals surface area (Å²) in [6.45, 7) is 4.28. The lowest BCUT2D eigenvalue weighted by molar-refractivity contribution is -0.605. The van der Waals surface area contributed by atoms with Gasteiger partial charge in [0.05, 0.1) is 5.56 Å². The molecule has 0 radical (unpaired) electrons. The lowest BCUT2D eigenvalue weighted by Crippen LogP contribution is -2.49. The van der Waals surface area contributed by atoms with Crippen molar-refractivity contribution in [1.82, 2.24) is 9.80 Å². The summed E-state index contributed by atoms with van der Waals surface area (Å²) in [5.74, 6) is 0.00769. The normalized spacial score (nSPS) is 15.6. The summed E-state index contributed by atoms with van der Waals surface area (Å²) in [6.07, 6.45) is 3.77. The molecule has 0 atom stereocenters. The summed E-state index contributed by atoms with van der Waals surface area (Å²) in [5.41, 5.74) is 1.93. The van der Waals surface area contributed by atoms with Gasteiger partial charge in [-0.2, -0.15) is 4.73 Å². The third kappa shape index (κ3) is 4.07. The first kappa shape index (κ1) is 15.5. The van der Waals surface area contributed by atoms with Crippen LogP contribution >= 0.6 is 0 Å². The van der Waals surface area contributed by atoms with E-state index in [1.165, 1.54) is 18.0 Å². The van der Waals surface area contributed by atoms with E-state index >= 15 is 0 Å². The van der Waals surface area contributed by atoms with E-state index in [-0.39, 0.29) is 5.91 Å². The lowest BCUT2D eigenvalue weighted by Gasteiger charge is -2.34. The number of benzene rings is 1. The van der Waals surface area contributed by atoms with E-state index in [1.54, 1.807) is 12.1 Å². The highest BCUT2D eigenvalue weighted by Gasteiger charge is 2.22. The van der Waals surface area contributed by atoms with Crippen LogP contribution in [0.25, 0.3) is 0 Å². The first-order valence-corrected chi connectivity index (χ1v) is 7.97. The van der Waals surface area contributed by atoms with Crippen LogP contribution in [-0.4, -0.2) is 48.4 Å². The van der Waals surface area contributed by atoms with E-state index in [9.17, 15) is 10.0 Å². The number of hydrogen-bond acceptors (Lipinski definition) is 3. The number of rotatable bonds is 4. The van der Waals surface area contributed by atoms with Gasteiger partial charge in [-0.1, -0.05) is 30.3 Å². The van der Waals surface area contributed by atoms with Gasteiger partial charge < -0.3 is 10.1 Å². The van der Waals surface area contributed by atoms with E-state index in [0.29, 0.717) is 10.3 Å². The van der Waals surface area contributed by atoms with Gasteiger partial charge >= 0.3 is 0 Å². The Hall–Kier alpha value is -2.40. The number of carbonyl (C=O) groups excluding carboxylic acids is 1. The summed E-state index contributed by atoms with van der Waals surface area (Å²) < 4.78 is 0.693. The molecule has 1 aromatic heterocycles. The molecule has 1 aliphatic heterocycles. The minimum absolute atomic E-state index is 0.00769. The van der Waals surface area contributed by atoms with Crippen LogP contribution in [0, 0.1) is 5.21 Å². The number of hydrogen-bond donors (Lipinski definition) is 0. The van der Waals surface area contributed by atoms with Gasteiger partial charge in [0.15, 0.2) is 12.4 Å². The molecule has 2 heterocycles. The first-order valence-electron chi connectivity index (χ1n) is 7.97. The SMILES string of the molecule is O=C(c1cc[n+]([O-])cc1)N1CCN(CCc2ccccc2)CC1. The van der Waals surface area contributed by atoms with Crippen LogP contribution in [0.15, 0.2) is 54.9 Å². The average Bonchev–Trinajstić information content (AvgIpc) is 2.61. The minimum Gasteiger partial charge on any atom is -0.619 e. The van der Waals surface area contributed by atoms with E-state index in [1.807, 2.05) is 11.0 Å². The molecule has 0 saturated carbocycles. The summed E-state index contributed by atoms with van der Waals surface area (Å²) in [7, 11) is 0. The third-order valence-corrected chi connectivity index (χ3v) is 4.27. The van der Waals surface area contributed by atoms with Crippen molar-refractivity contribution in [3.8, 4) is 0 Å². The molecule has 0 spiro atoms. The zero-order valence-corrected chi connectivity index (χ0v) is 13.1. The summed E-state index contributed by atoms with van der Waals surface area (Å²) in [5, 5.41) is 11.0. The molecule has 3 rings (SSSR count). The fraction of sp³-hybridized carbons (Fsp3) is 0.333. The van der Waals surface area contributed by atoms with Crippen molar-refractivity contribution in [2.45, 2.75) is 6.42 Å². The fourth-order valence-electron chi connectivity index (χ4n) is 2.84. The molecule has 1 aromatic carbocycles. The van der Waals surface area contributed by atoms with Gasteiger partial charge in [0.2, 0.25) is 0 Å². The van der Waals surface area contributed by atoms with Crippen LogP contribution in [0.5, 0.6) is 0 Å².